The Morgan fingerprint density at radius 1 is 1.19 bits per heavy atom. The van der Waals surface area contributed by atoms with Gasteiger partial charge in [0.1, 0.15) is 16.6 Å². The molecule has 1 amide bonds. The van der Waals surface area contributed by atoms with Gasteiger partial charge >= 0.3 is 0 Å². The molecule has 3 rings (SSSR count). The van der Waals surface area contributed by atoms with E-state index in [0.717, 1.165) is 39.5 Å². The Bertz CT molecular complexity index is 1100. The lowest BCUT2D eigenvalue weighted by Crippen LogP contribution is -2.23. The Hall–Kier alpha value is -2.49. The lowest BCUT2D eigenvalue weighted by molar-refractivity contribution is -0.121. The number of ether oxygens (including phenoxy) is 1. The summed E-state index contributed by atoms with van der Waals surface area (Å²) in [5.74, 6) is 1.74. The van der Waals surface area contributed by atoms with Gasteiger partial charge in [-0.1, -0.05) is 11.8 Å². The van der Waals surface area contributed by atoms with Crippen LogP contribution in [0.5, 0.6) is 5.75 Å². The van der Waals surface area contributed by atoms with E-state index in [1.807, 2.05) is 51.4 Å². The summed E-state index contributed by atoms with van der Waals surface area (Å²) in [5, 5.41) is 4.56. The van der Waals surface area contributed by atoms with Gasteiger partial charge in [0.25, 0.3) is 0 Å². The van der Waals surface area contributed by atoms with E-state index < -0.39 is 0 Å². The van der Waals surface area contributed by atoms with Crippen LogP contribution in [-0.2, 0) is 11.3 Å². The third-order valence-corrected chi connectivity index (χ3v) is 6.84. The summed E-state index contributed by atoms with van der Waals surface area (Å²) in [7, 11) is 5.60. The van der Waals surface area contributed by atoms with Crippen LogP contribution in [0.3, 0.4) is 0 Å². The van der Waals surface area contributed by atoms with E-state index in [2.05, 4.69) is 20.2 Å². The van der Waals surface area contributed by atoms with Crippen LogP contribution < -0.4 is 10.1 Å². The average Bonchev–Trinajstić information content (AvgIpc) is 3.24. The Balaban J connectivity index is 1.57. The number of ketones is 1. The second-order valence-electron chi connectivity index (χ2n) is 7.62. The molecule has 170 valence electrons. The van der Waals surface area contributed by atoms with Gasteiger partial charge in [0.15, 0.2) is 5.78 Å². The molecule has 2 aromatic heterocycles. The Morgan fingerprint density at radius 2 is 2.00 bits per heavy atom. The first-order valence-corrected chi connectivity index (χ1v) is 12.1. The molecule has 0 aliphatic carbocycles. The number of nitrogens with one attached hydrogen (secondary N) is 1. The number of thioether (sulfide) groups is 1. The molecular formula is C23H28N4O3S2. The van der Waals surface area contributed by atoms with Crippen molar-refractivity contribution in [3.63, 3.8) is 0 Å². The fourth-order valence-corrected chi connectivity index (χ4v) is 5.00. The molecule has 0 saturated heterocycles. The van der Waals surface area contributed by atoms with E-state index in [1.54, 1.807) is 7.11 Å². The van der Waals surface area contributed by atoms with Gasteiger partial charge in [0, 0.05) is 16.7 Å². The van der Waals surface area contributed by atoms with Crippen LogP contribution in [-0.4, -0.2) is 60.1 Å². The smallest absolute Gasteiger partial charge is 0.220 e. The van der Waals surface area contributed by atoms with E-state index >= 15 is 0 Å². The second-order valence-corrected chi connectivity index (χ2v) is 9.75. The number of amides is 1. The topological polar surface area (TPSA) is 84.4 Å². The summed E-state index contributed by atoms with van der Waals surface area (Å²) in [4.78, 5) is 37.4. The molecule has 0 fully saturated rings. The maximum atomic E-state index is 12.7. The molecule has 0 atom stereocenters. The van der Waals surface area contributed by atoms with Gasteiger partial charge in [-0.05, 0) is 64.3 Å². The van der Waals surface area contributed by atoms with Crippen LogP contribution in [0.15, 0.2) is 35.4 Å². The van der Waals surface area contributed by atoms with Crippen molar-refractivity contribution < 1.29 is 14.3 Å². The van der Waals surface area contributed by atoms with Crippen LogP contribution >= 0.6 is 23.1 Å². The number of nitrogens with zero attached hydrogens (tertiary/aromatic N) is 3. The van der Waals surface area contributed by atoms with Crippen LogP contribution in [0.1, 0.15) is 33.2 Å². The Morgan fingerprint density at radius 3 is 2.75 bits per heavy atom. The van der Waals surface area contributed by atoms with Gasteiger partial charge < -0.3 is 15.0 Å². The minimum absolute atomic E-state index is 0.0325. The van der Waals surface area contributed by atoms with Crippen LogP contribution in [0.25, 0.3) is 10.9 Å². The van der Waals surface area contributed by atoms with Gasteiger partial charge in [-0.15, -0.1) is 11.3 Å². The van der Waals surface area contributed by atoms with Crippen molar-refractivity contribution in [2.45, 2.75) is 31.3 Å². The molecule has 0 unspecified atom stereocenters. The number of fused-ring (bicyclic) bond motifs is 1. The number of carbonyl (C=O) groups excluding carboxylic acids is 2. The lowest BCUT2D eigenvalue weighted by atomic mass is 10.2. The van der Waals surface area contributed by atoms with E-state index in [0.29, 0.717) is 23.7 Å². The molecule has 3 aromatic rings. The molecule has 0 radical (unpaired) electrons. The second kappa shape index (κ2) is 11.4. The number of carbonyl (C=O) groups is 2. The SMILES string of the molecule is COc1ccc2nc(C)nc(SCC(=O)c3ccc(CNC(=O)CCCN(C)C)s3)c2c1. The van der Waals surface area contributed by atoms with Crippen molar-refractivity contribution in [2.75, 3.05) is 33.5 Å². The summed E-state index contributed by atoms with van der Waals surface area (Å²) < 4.78 is 5.31. The van der Waals surface area contributed by atoms with Crippen LogP contribution in [0.4, 0.5) is 0 Å². The van der Waals surface area contributed by atoms with Crippen molar-refractivity contribution >= 4 is 45.7 Å². The summed E-state index contributed by atoms with van der Waals surface area (Å²) in [6.45, 7) is 3.17. The standard InChI is InChI=1S/C23H28N4O3S2/c1-15-25-19-9-7-16(30-4)12-18(19)23(26-15)31-14-20(28)21-10-8-17(32-21)13-24-22(29)6-5-11-27(2)3/h7-10,12H,5-6,11,13-14H2,1-4H3,(H,24,29). The van der Waals surface area contributed by atoms with Gasteiger partial charge in [0.05, 0.1) is 29.8 Å². The predicted octanol–water partition coefficient (Wildman–Crippen LogP) is 3.94. The molecule has 0 aliphatic heterocycles. The fraction of sp³-hybridized carbons (Fsp3) is 0.391. The first-order valence-electron chi connectivity index (χ1n) is 10.3. The molecule has 1 aromatic carbocycles. The summed E-state index contributed by atoms with van der Waals surface area (Å²) in [6, 6.07) is 9.38. The molecule has 32 heavy (non-hydrogen) atoms. The highest BCUT2D eigenvalue weighted by Crippen LogP contribution is 2.29. The largest absolute Gasteiger partial charge is 0.497 e. The summed E-state index contributed by atoms with van der Waals surface area (Å²) in [6.07, 6.45) is 1.33. The highest BCUT2D eigenvalue weighted by molar-refractivity contribution is 8.00. The van der Waals surface area contributed by atoms with E-state index in [-0.39, 0.29) is 17.4 Å². The molecular weight excluding hydrogens is 444 g/mol. The number of hydrogen-bond donors (Lipinski definition) is 1. The van der Waals surface area contributed by atoms with Gasteiger partial charge in [0.2, 0.25) is 5.91 Å². The molecule has 2 heterocycles. The van der Waals surface area contributed by atoms with Crippen molar-refractivity contribution in [1.82, 2.24) is 20.2 Å². The fourth-order valence-electron chi connectivity index (χ4n) is 3.09. The quantitative estimate of drug-likeness (QED) is 0.257. The monoisotopic (exact) mass is 472 g/mol. The summed E-state index contributed by atoms with van der Waals surface area (Å²) in [5.41, 5.74) is 0.827. The zero-order valence-corrected chi connectivity index (χ0v) is 20.4. The van der Waals surface area contributed by atoms with Crippen LogP contribution in [0.2, 0.25) is 0 Å². The number of aromatic nitrogens is 2. The van der Waals surface area contributed by atoms with E-state index in [4.69, 9.17) is 4.74 Å². The van der Waals surface area contributed by atoms with Crippen molar-refractivity contribution in [3.05, 3.63) is 45.9 Å². The molecule has 1 N–H and O–H groups in total. The van der Waals surface area contributed by atoms with Crippen molar-refractivity contribution in [2.24, 2.45) is 0 Å². The maximum Gasteiger partial charge on any atom is 0.220 e. The number of Topliss-reactive ketones (excluding diaryl/α,β-unsaturated/α-hetero) is 1. The minimum Gasteiger partial charge on any atom is -0.497 e. The first-order chi connectivity index (χ1) is 15.4. The van der Waals surface area contributed by atoms with Gasteiger partial charge in [-0.2, -0.15) is 0 Å². The minimum atomic E-state index is 0.0325. The lowest BCUT2D eigenvalue weighted by Gasteiger charge is -2.08. The third-order valence-electron chi connectivity index (χ3n) is 4.73. The maximum absolute atomic E-state index is 12.7. The number of aryl methyl sites for hydroxylation is 1. The summed E-state index contributed by atoms with van der Waals surface area (Å²) >= 11 is 2.82. The Labute approximate surface area is 196 Å². The molecule has 9 heteroatoms. The van der Waals surface area contributed by atoms with Gasteiger partial charge in [-0.25, -0.2) is 9.97 Å². The average molecular weight is 473 g/mol. The van der Waals surface area contributed by atoms with E-state index in [9.17, 15) is 9.59 Å². The number of hydrogen-bond acceptors (Lipinski definition) is 8. The highest BCUT2D eigenvalue weighted by atomic mass is 32.2. The molecule has 0 aliphatic rings. The first kappa shape index (κ1) is 24.2. The number of thiophene rings is 1. The van der Waals surface area contributed by atoms with Gasteiger partial charge in [-0.3, -0.25) is 9.59 Å². The molecule has 0 spiro atoms. The Kier molecular flexibility index (Phi) is 8.60. The molecule has 7 nitrogen and oxygen atoms in total. The number of benzene rings is 1. The van der Waals surface area contributed by atoms with Crippen LogP contribution in [0, 0.1) is 6.92 Å². The number of rotatable bonds is 11. The normalized spacial score (nSPS) is 11.2. The zero-order chi connectivity index (χ0) is 23.1. The molecule has 0 bridgehead atoms. The van der Waals surface area contributed by atoms with Crippen molar-refractivity contribution in [1.29, 1.82) is 0 Å². The number of methoxy groups -OCH3 is 1. The highest BCUT2D eigenvalue weighted by Gasteiger charge is 2.14. The van der Waals surface area contributed by atoms with E-state index in [1.165, 1.54) is 23.1 Å². The van der Waals surface area contributed by atoms with Crippen molar-refractivity contribution in [3.8, 4) is 5.75 Å². The molecule has 0 saturated carbocycles. The zero-order valence-electron chi connectivity index (χ0n) is 18.8. The third kappa shape index (κ3) is 6.75. The predicted molar refractivity (Wildman–Crippen MR) is 130 cm³/mol.